The molecule has 0 radical (unpaired) electrons. The first-order valence-electron chi connectivity index (χ1n) is 5.20. The number of piperidine rings is 1. The van der Waals surface area contributed by atoms with Gasteiger partial charge in [0, 0.05) is 12.5 Å². The van der Waals surface area contributed by atoms with Crippen molar-refractivity contribution in [3.05, 3.63) is 5.82 Å². The molecule has 0 amide bonds. The third-order valence-corrected chi connectivity index (χ3v) is 2.74. The smallest absolute Gasteiger partial charge is 0.176 e. The highest BCUT2D eigenvalue weighted by Gasteiger charge is 2.19. The number of aryl methyl sites for hydroxylation is 1. The Morgan fingerprint density at radius 3 is 3.07 bits per heavy atom. The Hall–Kier alpha value is -0.970. The monoisotopic (exact) mass is 195 g/mol. The van der Waals surface area contributed by atoms with Gasteiger partial charge in [-0.25, -0.2) is 0 Å². The summed E-state index contributed by atoms with van der Waals surface area (Å²) in [6, 6.07) is 0.531. The van der Waals surface area contributed by atoms with Crippen LogP contribution in [-0.2, 0) is 13.5 Å². The van der Waals surface area contributed by atoms with Gasteiger partial charge in [-0.3, -0.25) is 0 Å². The zero-order valence-corrected chi connectivity index (χ0v) is 8.77. The number of nitrogens with one attached hydrogen (secondary N) is 1. The molecule has 1 aromatic heterocycles. The summed E-state index contributed by atoms with van der Waals surface area (Å²) in [5.74, 6) is 1.66. The first-order valence-corrected chi connectivity index (χ1v) is 5.20. The fourth-order valence-corrected chi connectivity index (χ4v) is 2.00. The predicted molar refractivity (Wildman–Crippen MR) is 52.7 cm³/mol. The van der Waals surface area contributed by atoms with Crippen LogP contribution in [0.2, 0.25) is 0 Å². The van der Waals surface area contributed by atoms with Crippen molar-refractivity contribution in [2.45, 2.75) is 32.2 Å². The average Bonchev–Trinajstić information content (AvgIpc) is 2.51. The molecule has 1 aliphatic heterocycles. The lowest BCUT2D eigenvalue weighted by molar-refractivity contribution is 0.315. The minimum atomic E-state index is 0.531. The lowest BCUT2D eigenvalue weighted by Crippen LogP contribution is -2.39. The van der Waals surface area contributed by atoms with Gasteiger partial charge < -0.3 is 5.32 Å². The van der Waals surface area contributed by atoms with Gasteiger partial charge in [0.15, 0.2) is 5.82 Å². The Balaban J connectivity index is 1.90. The van der Waals surface area contributed by atoms with Gasteiger partial charge in [-0.1, -0.05) is 6.92 Å². The second-order valence-corrected chi connectivity index (χ2v) is 4.18. The van der Waals surface area contributed by atoms with Crippen LogP contribution in [0.15, 0.2) is 0 Å². The molecule has 5 heteroatoms. The highest BCUT2D eigenvalue weighted by Crippen LogP contribution is 2.16. The van der Waals surface area contributed by atoms with Crippen molar-refractivity contribution in [1.82, 2.24) is 25.5 Å². The number of rotatable bonds is 2. The molecule has 0 saturated carbocycles. The summed E-state index contributed by atoms with van der Waals surface area (Å²) in [6.45, 7) is 3.42. The molecule has 2 atom stereocenters. The van der Waals surface area contributed by atoms with E-state index >= 15 is 0 Å². The third-order valence-electron chi connectivity index (χ3n) is 2.74. The van der Waals surface area contributed by atoms with Crippen LogP contribution in [-0.4, -0.2) is 32.8 Å². The molecule has 2 rings (SSSR count). The summed E-state index contributed by atoms with van der Waals surface area (Å²) < 4.78 is 0. The molecule has 2 heterocycles. The Labute approximate surface area is 83.9 Å². The van der Waals surface area contributed by atoms with Crippen LogP contribution in [0.1, 0.15) is 25.6 Å². The van der Waals surface area contributed by atoms with Gasteiger partial charge in [-0.15, -0.1) is 10.2 Å². The zero-order chi connectivity index (χ0) is 9.97. The molecule has 5 nitrogen and oxygen atoms in total. The molecule has 0 bridgehead atoms. The van der Waals surface area contributed by atoms with Gasteiger partial charge in [0.1, 0.15) is 0 Å². The quantitative estimate of drug-likeness (QED) is 0.729. The van der Waals surface area contributed by atoms with Crippen molar-refractivity contribution < 1.29 is 0 Å². The van der Waals surface area contributed by atoms with Crippen molar-refractivity contribution in [2.75, 3.05) is 6.54 Å². The van der Waals surface area contributed by atoms with E-state index < -0.39 is 0 Å². The third kappa shape index (κ3) is 2.29. The van der Waals surface area contributed by atoms with Gasteiger partial charge in [0.25, 0.3) is 0 Å². The largest absolute Gasteiger partial charge is 0.314 e. The minimum absolute atomic E-state index is 0.531. The van der Waals surface area contributed by atoms with E-state index in [1.165, 1.54) is 17.6 Å². The Bertz CT molecular complexity index is 295. The lowest BCUT2D eigenvalue weighted by Gasteiger charge is -2.27. The zero-order valence-electron chi connectivity index (χ0n) is 8.77. The van der Waals surface area contributed by atoms with Gasteiger partial charge >= 0.3 is 0 Å². The second-order valence-electron chi connectivity index (χ2n) is 4.18. The van der Waals surface area contributed by atoms with E-state index in [1.54, 1.807) is 7.05 Å². The van der Waals surface area contributed by atoms with Crippen LogP contribution < -0.4 is 5.32 Å². The molecule has 1 aliphatic rings. The summed E-state index contributed by atoms with van der Waals surface area (Å²) in [4.78, 5) is 1.52. The summed E-state index contributed by atoms with van der Waals surface area (Å²) >= 11 is 0. The Morgan fingerprint density at radius 2 is 2.43 bits per heavy atom. The van der Waals surface area contributed by atoms with Crippen LogP contribution in [0.4, 0.5) is 0 Å². The minimum Gasteiger partial charge on any atom is -0.314 e. The molecular formula is C9H17N5. The molecule has 78 valence electrons. The van der Waals surface area contributed by atoms with Crippen molar-refractivity contribution >= 4 is 0 Å². The molecule has 14 heavy (non-hydrogen) atoms. The number of nitrogens with zero attached hydrogens (tertiary/aromatic N) is 4. The normalized spacial score (nSPS) is 27.9. The average molecular weight is 195 g/mol. The molecule has 1 saturated heterocycles. The first-order chi connectivity index (χ1) is 6.74. The van der Waals surface area contributed by atoms with E-state index in [9.17, 15) is 0 Å². The molecular weight excluding hydrogens is 178 g/mol. The SMILES string of the molecule is CC1CCNC(Cc2nnn(C)n2)C1. The predicted octanol–water partition coefficient (Wildman–Crippen LogP) is 0.141. The molecule has 0 spiro atoms. The van der Waals surface area contributed by atoms with E-state index in [4.69, 9.17) is 0 Å². The van der Waals surface area contributed by atoms with Crippen molar-refractivity contribution in [3.63, 3.8) is 0 Å². The fourth-order valence-electron chi connectivity index (χ4n) is 2.00. The summed E-state index contributed by atoms with van der Waals surface area (Å²) in [5.41, 5.74) is 0. The van der Waals surface area contributed by atoms with E-state index in [0.717, 1.165) is 24.7 Å². The van der Waals surface area contributed by atoms with Gasteiger partial charge in [-0.05, 0) is 30.5 Å². The standard InChI is InChI=1S/C9H17N5/c1-7-3-4-10-8(5-7)6-9-11-13-14(2)12-9/h7-8,10H,3-6H2,1-2H3. The number of tetrazole rings is 1. The van der Waals surface area contributed by atoms with E-state index in [2.05, 4.69) is 27.7 Å². The molecule has 1 N–H and O–H groups in total. The van der Waals surface area contributed by atoms with E-state index in [1.807, 2.05) is 0 Å². The highest BCUT2D eigenvalue weighted by molar-refractivity contribution is 4.87. The molecule has 1 aromatic rings. The molecule has 1 fully saturated rings. The Morgan fingerprint density at radius 1 is 1.57 bits per heavy atom. The van der Waals surface area contributed by atoms with Crippen LogP contribution >= 0.6 is 0 Å². The highest BCUT2D eigenvalue weighted by atomic mass is 15.6. The topological polar surface area (TPSA) is 55.6 Å². The maximum atomic E-state index is 4.18. The van der Waals surface area contributed by atoms with Crippen LogP contribution in [0, 0.1) is 5.92 Å². The fraction of sp³-hybridized carbons (Fsp3) is 0.889. The molecule has 2 unspecified atom stereocenters. The van der Waals surface area contributed by atoms with Gasteiger partial charge in [-0.2, -0.15) is 4.80 Å². The summed E-state index contributed by atoms with van der Waals surface area (Å²) in [6.07, 6.45) is 3.40. The van der Waals surface area contributed by atoms with E-state index in [0.29, 0.717) is 6.04 Å². The number of hydrogen-bond donors (Lipinski definition) is 1. The van der Waals surface area contributed by atoms with Crippen LogP contribution in [0.25, 0.3) is 0 Å². The second kappa shape index (κ2) is 4.04. The molecule has 0 aliphatic carbocycles. The lowest BCUT2D eigenvalue weighted by atomic mass is 9.92. The summed E-state index contributed by atoms with van der Waals surface area (Å²) in [5, 5.41) is 15.5. The maximum Gasteiger partial charge on any atom is 0.176 e. The van der Waals surface area contributed by atoms with Gasteiger partial charge in [0.05, 0.1) is 7.05 Å². The first kappa shape index (κ1) is 9.58. The molecule has 0 aromatic carbocycles. The number of aromatic nitrogens is 4. The van der Waals surface area contributed by atoms with Crippen LogP contribution in [0.5, 0.6) is 0 Å². The van der Waals surface area contributed by atoms with E-state index in [-0.39, 0.29) is 0 Å². The maximum absolute atomic E-state index is 4.18. The van der Waals surface area contributed by atoms with Crippen molar-refractivity contribution in [3.8, 4) is 0 Å². The van der Waals surface area contributed by atoms with Gasteiger partial charge in [0.2, 0.25) is 0 Å². The van der Waals surface area contributed by atoms with Crippen LogP contribution in [0.3, 0.4) is 0 Å². The summed E-state index contributed by atoms with van der Waals surface area (Å²) in [7, 11) is 1.80. The number of hydrogen-bond acceptors (Lipinski definition) is 4. The van der Waals surface area contributed by atoms with Crippen molar-refractivity contribution in [1.29, 1.82) is 0 Å². The Kier molecular flexibility index (Phi) is 2.77. The van der Waals surface area contributed by atoms with Crippen molar-refractivity contribution in [2.24, 2.45) is 13.0 Å².